The van der Waals surface area contributed by atoms with Crippen molar-refractivity contribution in [3.05, 3.63) is 41.7 Å². The molecule has 0 aliphatic carbocycles. The van der Waals surface area contributed by atoms with Gasteiger partial charge in [0.25, 0.3) is 0 Å². The van der Waals surface area contributed by atoms with Crippen molar-refractivity contribution in [1.29, 1.82) is 0 Å². The molecular weight excluding hydrogens is 261 g/mol. The van der Waals surface area contributed by atoms with Crippen molar-refractivity contribution in [3.8, 4) is 0 Å². The van der Waals surface area contributed by atoms with Gasteiger partial charge in [-0.3, -0.25) is 9.59 Å². The Morgan fingerprint density at radius 2 is 2.15 bits per heavy atom. The number of hydrogen-bond acceptors (Lipinski definition) is 3. The van der Waals surface area contributed by atoms with E-state index < -0.39 is 0 Å². The van der Waals surface area contributed by atoms with Crippen LogP contribution in [-0.4, -0.2) is 24.5 Å². The van der Waals surface area contributed by atoms with Crippen LogP contribution in [-0.2, 0) is 14.3 Å². The Morgan fingerprint density at radius 1 is 1.40 bits per heavy atom. The van der Waals surface area contributed by atoms with E-state index in [9.17, 15) is 14.0 Å². The number of esters is 1. The van der Waals surface area contributed by atoms with Gasteiger partial charge < -0.3 is 10.1 Å². The van der Waals surface area contributed by atoms with Gasteiger partial charge in [0.05, 0.1) is 12.5 Å². The highest BCUT2D eigenvalue weighted by atomic mass is 19.1. The Bertz CT molecular complexity index is 498. The Morgan fingerprint density at radius 3 is 2.80 bits per heavy atom. The van der Waals surface area contributed by atoms with Crippen molar-refractivity contribution in [2.24, 2.45) is 0 Å². The summed E-state index contributed by atoms with van der Waals surface area (Å²) < 4.78 is 17.8. The number of nitrogens with one attached hydrogen (secondary N) is 1. The summed E-state index contributed by atoms with van der Waals surface area (Å²) in [6, 6.07) is 5.91. The van der Waals surface area contributed by atoms with Crippen LogP contribution in [0.5, 0.6) is 0 Å². The standard InChI is InChI=1S/C15H18FNO3/c1-11(2)20-15(19)8-9-17-14(18)7-6-12-4-3-5-13(16)10-12/h3-7,10-11H,8-9H2,1-2H3,(H,17,18)/b7-6+. The summed E-state index contributed by atoms with van der Waals surface area (Å²) in [4.78, 5) is 22.7. The fourth-order valence-corrected chi connectivity index (χ4v) is 1.45. The van der Waals surface area contributed by atoms with Gasteiger partial charge in [0, 0.05) is 12.6 Å². The minimum Gasteiger partial charge on any atom is -0.463 e. The topological polar surface area (TPSA) is 55.4 Å². The minimum absolute atomic E-state index is 0.123. The molecule has 0 heterocycles. The molecule has 0 aliphatic rings. The molecular formula is C15H18FNO3. The molecule has 5 heteroatoms. The predicted molar refractivity (Wildman–Crippen MR) is 74.3 cm³/mol. The number of benzene rings is 1. The highest BCUT2D eigenvalue weighted by Crippen LogP contribution is 2.05. The zero-order valence-electron chi connectivity index (χ0n) is 11.6. The average Bonchev–Trinajstić information content (AvgIpc) is 2.35. The van der Waals surface area contributed by atoms with Gasteiger partial charge in [-0.2, -0.15) is 0 Å². The average molecular weight is 279 g/mol. The zero-order chi connectivity index (χ0) is 15.0. The number of amides is 1. The van der Waals surface area contributed by atoms with Crippen LogP contribution in [0, 0.1) is 5.82 Å². The van der Waals surface area contributed by atoms with Gasteiger partial charge in [-0.1, -0.05) is 12.1 Å². The van der Waals surface area contributed by atoms with E-state index in [1.807, 2.05) is 0 Å². The smallest absolute Gasteiger partial charge is 0.307 e. The second-order valence-electron chi connectivity index (χ2n) is 4.47. The summed E-state index contributed by atoms with van der Waals surface area (Å²) in [5.74, 6) is -1.05. The molecule has 0 atom stereocenters. The molecule has 0 saturated carbocycles. The lowest BCUT2D eigenvalue weighted by molar-refractivity contribution is -0.147. The first-order valence-electron chi connectivity index (χ1n) is 6.38. The normalized spacial score (nSPS) is 10.8. The van der Waals surface area contributed by atoms with Crippen molar-refractivity contribution >= 4 is 18.0 Å². The lowest BCUT2D eigenvalue weighted by Crippen LogP contribution is -2.25. The van der Waals surface area contributed by atoms with E-state index in [-0.39, 0.29) is 36.8 Å². The van der Waals surface area contributed by atoms with Gasteiger partial charge in [0.2, 0.25) is 5.91 Å². The van der Waals surface area contributed by atoms with Crippen LogP contribution >= 0.6 is 0 Å². The molecule has 0 bridgehead atoms. The number of rotatable bonds is 6. The third-order valence-electron chi connectivity index (χ3n) is 2.27. The molecule has 1 N–H and O–H groups in total. The van der Waals surface area contributed by atoms with Gasteiger partial charge in [-0.25, -0.2) is 4.39 Å². The molecule has 1 rings (SSSR count). The highest BCUT2D eigenvalue weighted by molar-refractivity contribution is 5.91. The summed E-state index contributed by atoms with van der Waals surface area (Å²) in [5, 5.41) is 2.55. The van der Waals surface area contributed by atoms with Crippen molar-refractivity contribution in [1.82, 2.24) is 5.32 Å². The summed E-state index contributed by atoms with van der Waals surface area (Å²) >= 11 is 0. The van der Waals surface area contributed by atoms with Crippen molar-refractivity contribution in [2.45, 2.75) is 26.4 Å². The Kier molecular flexibility index (Phi) is 6.43. The van der Waals surface area contributed by atoms with E-state index in [0.717, 1.165) is 0 Å². The molecule has 1 amide bonds. The van der Waals surface area contributed by atoms with E-state index >= 15 is 0 Å². The van der Waals surface area contributed by atoms with Crippen LogP contribution in [0.4, 0.5) is 4.39 Å². The summed E-state index contributed by atoms with van der Waals surface area (Å²) in [6.07, 6.45) is 2.76. The number of carbonyl (C=O) groups is 2. The summed E-state index contributed by atoms with van der Waals surface area (Å²) in [5.41, 5.74) is 0.597. The fraction of sp³-hybridized carbons (Fsp3) is 0.333. The number of halogens is 1. The molecule has 0 radical (unpaired) electrons. The maximum absolute atomic E-state index is 12.9. The van der Waals surface area contributed by atoms with Crippen LogP contribution in [0.2, 0.25) is 0 Å². The van der Waals surface area contributed by atoms with Crippen LogP contribution in [0.15, 0.2) is 30.3 Å². The second kappa shape index (κ2) is 8.09. The summed E-state index contributed by atoms with van der Waals surface area (Å²) in [6.45, 7) is 3.73. The van der Waals surface area contributed by atoms with Crippen molar-refractivity contribution in [3.63, 3.8) is 0 Å². The predicted octanol–water partition coefficient (Wildman–Crippen LogP) is 2.30. The van der Waals surface area contributed by atoms with Gasteiger partial charge in [0.15, 0.2) is 0 Å². The maximum Gasteiger partial charge on any atom is 0.307 e. The first kappa shape index (κ1) is 15.9. The highest BCUT2D eigenvalue weighted by Gasteiger charge is 2.05. The molecule has 0 fully saturated rings. The van der Waals surface area contributed by atoms with Crippen LogP contribution in [0.1, 0.15) is 25.8 Å². The van der Waals surface area contributed by atoms with Crippen molar-refractivity contribution < 1.29 is 18.7 Å². The number of hydrogen-bond donors (Lipinski definition) is 1. The van der Waals surface area contributed by atoms with Crippen LogP contribution < -0.4 is 5.32 Å². The maximum atomic E-state index is 12.9. The molecule has 20 heavy (non-hydrogen) atoms. The van der Waals surface area contributed by atoms with E-state index in [1.54, 1.807) is 26.0 Å². The molecule has 1 aromatic rings. The largest absolute Gasteiger partial charge is 0.463 e. The Hall–Kier alpha value is -2.17. The van der Waals surface area contributed by atoms with Gasteiger partial charge in [-0.05, 0) is 37.6 Å². The van der Waals surface area contributed by atoms with Gasteiger partial charge in [-0.15, -0.1) is 0 Å². The van der Waals surface area contributed by atoms with Crippen LogP contribution in [0.3, 0.4) is 0 Å². The van der Waals surface area contributed by atoms with E-state index in [0.29, 0.717) is 5.56 Å². The molecule has 0 unspecified atom stereocenters. The van der Waals surface area contributed by atoms with E-state index in [4.69, 9.17) is 4.74 Å². The molecule has 4 nitrogen and oxygen atoms in total. The monoisotopic (exact) mass is 279 g/mol. The van der Waals surface area contributed by atoms with Crippen LogP contribution in [0.25, 0.3) is 6.08 Å². The Labute approximate surface area is 117 Å². The molecule has 0 saturated heterocycles. The third kappa shape index (κ3) is 6.68. The fourth-order valence-electron chi connectivity index (χ4n) is 1.45. The van der Waals surface area contributed by atoms with Crippen molar-refractivity contribution in [2.75, 3.05) is 6.54 Å². The second-order valence-corrected chi connectivity index (χ2v) is 4.47. The summed E-state index contributed by atoms with van der Waals surface area (Å²) in [7, 11) is 0. The number of carbonyl (C=O) groups excluding carboxylic acids is 2. The first-order valence-corrected chi connectivity index (χ1v) is 6.38. The first-order chi connectivity index (χ1) is 9.47. The minimum atomic E-state index is -0.357. The SMILES string of the molecule is CC(C)OC(=O)CCNC(=O)/C=C/c1cccc(F)c1. The molecule has 0 aliphatic heterocycles. The molecule has 0 spiro atoms. The number of ether oxygens (including phenoxy) is 1. The quantitative estimate of drug-likeness (QED) is 0.642. The Balaban J connectivity index is 2.32. The lowest BCUT2D eigenvalue weighted by Gasteiger charge is -2.07. The van der Waals surface area contributed by atoms with E-state index in [1.165, 1.54) is 24.3 Å². The third-order valence-corrected chi connectivity index (χ3v) is 2.27. The molecule has 0 aromatic heterocycles. The van der Waals surface area contributed by atoms with Gasteiger partial charge >= 0.3 is 5.97 Å². The molecule has 108 valence electrons. The van der Waals surface area contributed by atoms with E-state index in [2.05, 4.69) is 5.32 Å². The molecule has 1 aromatic carbocycles. The zero-order valence-corrected chi connectivity index (χ0v) is 11.6. The lowest BCUT2D eigenvalue weighted by atomic mass is 10.2. The van der Waals surface area contributed by atoms with Gasteiger partial charge in [0.1, 0.15) is 5.82 Å².